The third-order valence-corrected chi connectivity index (χ3v) is 2.21. The molecule has 0 unspecified atom stereocenters. The third-order valence-electron chi connectivity index (χ3n) is 2.21. The molecule has 0 saturated carbocycles. The molecule has 0 amide bonds. The molecule has 0 aliphatic carbocycles. The largest absolute Gasteiger partial charge is 0.511 e. The topological polar surface area (TPSA) is 44.8 Å². The molecule has 0 spiro atoms. The summed E-state index contributed by atoms with van der Waals surface area (Å²) in [4.78, 5) is 11.1. The van der Waals surface area contributed by atoms with Crippen molar-refractivity contribution in [3.8, 4) is 5.75 Å². The van der Waals surface area contributed by atoms with E-state index in [4.69, 9.17) is 14.2 Å². The van der Waals surface area contributed by atoms with Gasteiger partial charge in [0.1, 0.15) is 12.4 Å². The number of carbonyl (C=O) groups excluding carboxylic acids is 1. The predicted octanol–water partition coefficient (Wildman–Crippen LogP) is 3.79. The van der Waals surface area contributed by atoms with E-state index >= 15 is 0 Å². The second-order valence-corrected chi connectivity index (χ2v) is 4.02. The molecule has 0 aliphatic heterocycles. The summed E-state index contributed by atoms with van der Waals surface area (Å²) in [7, 11) is 0. The first-order chi connectivity index (χ1) is 9.11. The summed E-state index contributed by atoms with van der Waals surface area (Å²) in [5.74, 6) is 0.614. The van der Waals surface area contributed by atoms with Gasteiger partial charge in [0.15, 0.2) is 0 Å². The molecule has 4 nitrogen and oxygen atoms in total. The Hall–Kier alpha value is -2.23. The van der Waals surface area contributed by atoms with Crippen LogP contribution in [0.4, 0.5) is 4.79 Å². The van der Waals surface area contributed by atoms with Crippen LogP contribution in [0.25, 0.3) is 6.08 Å². The lowest BCUT2D eigenvalue weighted by atomic mass is 10.2. The summed E-state index contributed by atoms with van der Waals surface area (Å²) in [5, 5.41) is 0. The summed E-state index contributed by atoms with van der Waals surface area (Å²) < 4.78 is 14.8. The Morgan fingerprint density at radius 2 is 1.89 bits per heavy atom. The third kappa shape index (κ3) is 6.31. The predicted molar refractivity (Wildman–Crippen MR) is 73.9 cm³/mol. The molecule has 0 bridgehead atoms. The van der Waals surface area contributed by atoms with E-state index < -0.39 is 6.16 Å². The molecular formula is C15H18O4. The van der Waals surface area contributed by atoms with E-state index in [0.29, 0.717) is 5.75 Å². The molecule has 1 aromatic rings. The average Bonchev–Trinajstić information content (AvgIpc) is 2.39. The smallest absolute Gasteiger partial charge is 0.457 e. The number of rotatable bonds is 6. The first-order valence-corrected chi connectivity index (χ1v) is 5.90. The summed E-state index contributed by atoms with van der Waals surface area (Å²) in [6, 6.07) is 7.26. The Kier molecular flexibility index (Phi) is 6.22. The summed E-state index contributed by atoms with van der Waals surface area (Å²) in [6.07, 6.45) is 2.78. The lowest BCUT2D eigenvalue weighted by Gasteiger charge is -2.07. The van der Waals surface area contributed by atoms with Gasteiger partial charge in [-0.3, -0.25) is 0 Å². The maximum absolute atomic E-state index is 11.1. The SMILES string of the molecule is C=Cc1ccc(OCOC(=O)OCC=C(C)C)cc1. The summed E-state index contributed by atoms with van der Waals surface area (Å²) >= 11 is 0. The number of carbonyl (C=O) groups is 1. The van der Waals surface area contributed by atoms with Crippen LogP contribution in [0.2, 0.25) is 0 Å². The van der Waals surface area contributed by atoms with Crippen molar-refractivity contribution in [1.82, 2.24) is 0 Å². The van der Waals surface area contributed by atoms with E-state index in [2.05, 4.69) is 6.58 Å². The zero-order valence-electron chi connectivity index (χ0n) is 11.2. The molecule has 0 heterocycles. The quantitative estimate of drug-likeness (QED) is 0.444. The van der Waals surface area contributed by atoms with Crippen molar-refractivity contribution in [3.63, 3.8) is 0 Å². The second kappa shape index (κ2) is 7.97. The lowest BCUT2D eigenvalue weighted by molar-refractivity contribution is 0.00929. The molecule has 1 rings (SSSR count). The number of hydrogen-bond acceptors (Lipinski definition) is 4. The Bertz CT molecular complexity index is 442. The molecule has 0 radical (unpaired) electrons. The highest BCUT2D eigenvalue weighted by molar-refractivity contribution is 5.59. The van der Waals surface area contributed by atoms with Gasteiger partial charge < -0.3 is 14.2 Å². The first-order valence-electron chi connectivity index (χ1n) is 5.90. The molecule has 1 aromatic carbocycles. The van der Waals surface area contributed by atoms with Gasteiger partial charge in [0.2, 0.25) is 6.79 Å². The van der Waals surface area contributed by atoms with Crippen LogP contribution in [0.3, 0.4) is 0 Å². The highest BCUT2D eigenvalue weighted by atomic mass is 16.8. The van der Waals surface area contributed by atoms with Crippen molar-refractivity contribution in [1.29, 1.82) is 0 Å². The number of ether oxygens (including phenoxy) is 3. The fourth-order valence-electron chi connectivity index (χ4n) is 1.16. The lowest BCUT2D eigenvalue weighted by Crippen LogP contribution is -2.12. The molecule has 19 heavy (non-hydrogen) atoms. The van der Waals surface area contributed by atoms with Gasteiger partial charge in [-0.1, -0.05) is 30.4 Å². The number of allylic oxidation sites excluding steroid dienone is 1. The zero-order valence-corrected chi connectivity index (χ0v) is 11.2. The van der Waals surface area contributed by atoms with Crippen LogP contribution < -0.4 is 4.74 Å². The van der Waals surface area contributed by atoms with Crippen molar-refractivity contribution in [2.75, 3.05) is 13.4 Å². The monoisotopic (exact) mass is 262 g/mol. The summed E-state index contributed by atoms with van der Waals surface area (Å²) in [6.45, 7) is 7.52. The van der Waals surface area contributed by atoms with Gasteiger partial charge in [0.25, 0.3) is 0 Å². The van der Waals surface area contributed by atoms with Crippen molar-refractivity contribution in [3.05, 3.63) is 48.1 Å². The van der Waals surface area contributed by atoms with Gasteiger partial charge in [-0.15, -0.1) is 0 Å². The molecule has 0 fully saturated rings. The van der Waals surface area contributed by atoms with E-state index in [1.165, 1.54) is 0 Å². The van der Waals surface area contributed by atoms with E-state index in [0.717, 1.165) is 11.1 Å². The van der Waals surface area contributed by atoms with Crippen LogP contribution >= 0.6 is 0 Å². The van der Waals surface area contributed by atoms with Gasteiger partial charge in [0.05, 0.1) is 0 Å². The minimum atomic E-state index is -0.750. The van der Waals surface area contributed by atoms with Gasteiger partial charge in [0, 0.05) is 0 Å². The normalized spacial score (nSPS) is 9.37. The van der Waals surface area contributed by atoms with Crippen LogP contribution in [0.5, 0.6) is 5.75 Å². The first kappa shape index (κ1) is 14.8. The van der Waals surface area contributed by atoms with E-state index in [-0.39, 0.29) is 13.4 Å². The molecule has 4 heteroatoms. The molecule has 0 saturated heterocycles. The Morgan fingerprint density at radius 1 is 1.21 bits per heavy atom. The van der Waals surface area contributed by atoms with Gasteiger partial charge in [-0.2, -0.15) is 0 Å². The molecule has 102 valence electrons. The Morgan fingerprint density at radius 3 is 2.47 bits per heavy atom. The van der Waals surface area contributed by atoms with E-state index in [1.807, 2.05) is 26.0 Å². The standard InChI is InChI=1S/C15H18O4/c1-4-13-5-7-14(8-6-13)18-11-19-15(16)17-10-9-12(2)3/h4-9H,1,10-11H2,2-3H3. The maximum Gasteiger partial charge on any atom is 0.511 e. The number of hydrogen-bond donors (Lipinski definition) is 0. The minimum absolute atomic E-state index is 0.179. The van der Waals surface area contributed by atoms with Gasteiger partial charge in [-0.25, -0.2) is 4.79 Å². The van der Waals surface area contributed by atoms with Crippen LogP contribution in [-0.4, -0.2) is 19.6 Å². The molecule has 0 N–H and O–H groups in total. The van der Waals surface area contributed by atoms with E-state index in [9.17, 15) is 4.79 Å². The highest BCUT2D eigenvalue weighted by Crippen LogP contribution is 2.12. The minimum Gasteiger partial charge on any atom is -0.457 e. The van der Waals surface area contributed by atoms with Gasteiger partial charge >= 0.3 is 6.16 Å². The maximum atomic E-state index is 11.1. The van der Waals surface area contributed by atoms with E-state index in [1.54, 1.807) is 24.3 Å². The molecule has 0 atom stereocenters. The second-order valence-electron chi connectivity index (χ2n) is 4.02. The van der Waals surface area contributed by atoms with Crippen LogP contribution in [0, 0.1) is 0 Å². The molecule has 0 aliphatic rings. The van der Waals surface area contributed by atoms with Crippen LogP contribution in [0.1, 0.15) is 19.4 Å². The highest BCUT2D eigenvalue weighted by Gasteiger charge is 2.02. The summed E-state index contributed by atoms with van der Waals surface area (Å²) in [5.41, 5.74) is 2.07. The zero-order chi connectivity index (χ0) is 14.1. The van der Waals surface area contributed by atoms with Crippen molar-refractivity contribution < 1.29 is 19.0 Å². The fourth-order valence-corrected chi connectivity index (χ4v) is 1.16. The van der Waals surface area contributed by atoms with Gasteiger partial charge in [-0.05, 0) is 37.6 Å². The molecular weight excluding hydrogens is 244 g/mol. The van der Waals surface area contributed by atoms with Crippen molar-refractivity contribution >= 4 is 12.2 Å². The average molecular weight is 262 g/mol. The van der Waals surface area contributed by atoms with Crippen LogP contribution in [-0.2, 0) is 9.47 Å². The fraction of sp³-hybridized carbons (Fsp3) is 0.267. The number of benzene rings is 1. The Labute approximate surface area is 113 Å². The van der Waals surface area contributed by atoms with Crippen molar-refractivity contribution in [2.24, 2.45) is 0 Å². The Balaban J connectivity index is 2.23. The van der Waals surface area contributed by atoms with Crippen LogP contribution in [0.15, 0.2) is 42.5 Å². The van der Waals surface area contributed by atoms with Crippen molar-refractivity contribution in [2.45, 2.75) is 13.8 Å². The molecule has 0 aromatic heterocycles.